The van der Waals surface area contributed by atoms with Crippen LogP contribution in [0.3, 0.4) is 0 Å². The second-order valence-electron chi connectivity index (χ2n) is 2.76. The van der Waals surface area contributed by atoms with Crippen molar-refractivity contribution in [2.75, 3.05) is 14.1 Å². The number of nitrogens with zero attached hydrogens (tertiary/aromatic N) is 2. The Morgan fingerprint density at radius 2 is 2.14 bits per heavy atom. The van der Waals surface area contributed by atoms with Gasteiger partial charge in [0, 0.05) is 26.4 Å². The fourth-order valence-electron chi connectivity index (χ4n) is 0.705. The lowest BCUT2D eigenvalue weighted by molar-refractivity contribution is 0.104. The Morgan fingerprint density at radius 1 is 1.50 bits per heavy atom. The van der Waals surface area contributed by atoms with Gasteiger partial charge in [0.25, 0.3) is 0 Å². The maximum Gasteiger partial charge on any atom is 0.200 e. The molecule has 1 heterocycles. The summed E-state index contributed by atoms with van der Waals surface area (Å²) >= 11 is 12.4. The van der Waals surface area contributed by atoms with Crippen molar-refractivity contribution in [3.05, 3.63) is 27.3 Å². The van der Waals surface area contributed by atoms with E-state index in [1.165, 1.54) is 6.08 Å². The van der Waals surface area contributed by atoms with E-state index < -0.39 is 0 Å². The first-order chi connectivity index (χ1) is 6.52. The first-order valence-corrected chi connectivity index (χ1v) is 5.25. The Bertz CT molecular complexity index is 373. The number of carbonyl (C=O) groups is 1. The summed E-state index contributed by atoms with van der Waals surface area (Å²) in [5, 5.41) is 0.406. The van der Waals surface area contributed by atoms with Gasteiger partial charge in [-0.2, -0.15) is 4.37 Å². The van der Waals surface area contributed by atoms with E-state index in [0.29, 0.717) is 4.88 Å². The van der Waals surface area contributed by atoms with Crippen LogP contribution in [-0.2, 0) is 0 Å². The number of hydrogen-bond acceptors (Lipinski definition) is 4. The van der Waals surface area contributed by atoms with Gasteiger partial charge in [-0.1, -0.05) is 23.2 Å². The zero-order valence-electron chi connectivity index (χ0n) is 7.62. The zero-order valence-corrected chi connectivity index (χ0v) is 9.95. The molecule has 0 spiro atoms. The average molecular weight is 251 g/mol. The van der Waals surface area contributed by atoms with Gasteiger partial charge >= 0.3 is 0 Å². The van der Waals surface area contributed by atoms with E-state index in [1.807, 2.05) is 14.1 Å². The minimum absolute atomic E-state index is 0.179. The Balaban J connectivity index is 2.85. The van der Waals surface area contributed by atoms with Crippen LogP contribution >= 0.6 is 34.7 Å². The van der Waals surface area contributed by atoms with Gasteiger partial charge in [0.15, 0.2) is 10.9 Å². The summed E-state index contributed by atoms with van der Waals surface area (Å²) in [5.74, 6) is -0.187. The molecule has 0 aromatic carbocycles. The first-order valence-electron chi connectivity index (χ1n) is 3.72. The molecule has 76 valence electrons. The van der Waals surface area contributed by atoms with Crippen molar-refractivity contribution in [1.82, 2.24) is 9.27 Å². The van der Waals surface area contributed by atoms with Crippen LogP contribution in [0.1, 0.15) is 9.67 Å². The first kappa shape index (κ1) is 11.5. The summed E-state index contributed by atoms with van der Waals surface area (Å²) in [6, 6.07) is 0. The lowest BCUT2D eigenvalue weighted by Crippen LogP contribution is -2.02. The van der Waals surface area contributed by atoms with Gasteiger partial charge in [0.05, 0.1) is 0 Å². The summed E-state index contributed by atoms with van der Waals surface area (Å²) in [6.45, 7) is 0. The SMILES string of the molecule is CN(C)C=CC(=O)c1snc(Cl)c1Cl. The summed E-state index contributed by atoms with van der Waals surface area (Å²) in [6.07, 6.45) is 3.07. The van der Waals surface area contributed by atoms with E-state index >= 15 is 0 Å². The molecule has 0 saturated carbocycles. The molecule has 0 radical (unpaired) electrons. The van der Waals surface area contributed by atoms with E-state index in [2.05, 4.69) is 4.37 Å². The van der Waals surface area contributed by atoms with E-state index in [1.54, 1.807) is 11.1 Å². The topological polar surface area (TPSA) is 33.2 Å². The van der Waals surface area contributed by atoms with Crippen LogP contribution in [0.5, 0.6) is 0 Å². The zero-order chi connectivity index (χ0) is 10.7. The molecule has 0 amide bonds. The molecule has 0 atom stereocenters. The molecule has 6 heteroatoms. The van der Waals surface area contributed by atoms with Crippen LogP contribution in [0.2, 0.25) is 10.2 Å². The molecule has 0 unspecified atom stereocenters. The standard InChI is InChI=1S/C8H8Cl2N2OS/c1-12(2)4-3-5(13)7-6(9)8(10)11-14-7/h3-4H,1-2H3. The predicted molar refractivity (Wildman–Crippen MR) is 59.3 cm³/mol. The molecule has 0 N–H and O–H groups in total. The van der Waals surface area contributed by atoms with Crippen molar-refractivity contribution in [2.24, 2.45) is 0 Å². The maximum atomic E-state index is 11.5. The lowest BCUT2D eigenvalue weighted by atomic mass is 10.3. The van der Waals surface area contributed by atoms with Crippen molar-refractivity contribution in [3.63, 3.8) is 0 Å². The Kier molecular flexibility index (Phi) is 3.92. The lowest BCUT2D eigenvalue weighted by Gasteiger charge is -2.01. The second kappa shape index (κ2) is 4.77. The highest BCUT2D eigenvalue weighted by Gasteiger charge is 2.14. The van der Waals surface area contributed by atoms with Crippen molar-refractivity contribution in [3.8, 4) is 0 Å². The quantitative estimate of drug-likeness (QED) is 0.611. The van der Waals surface area contributed by atoms with Crippen LogP contribution in [0.4, 0.5) is 0 Å². The third-order valence-corrected chi connectivity index (χ3v) is 3.16. The Morgan fingerprint density at radius 3 is 2.57 bits per heavy atom. The molecule has 3 nitrogen and oxygen atoms in total. The number of ketones is 1. The molecule has 0 fully saturated rings. The summed E-state index contributed by atoms with van der Waals surface area (Å²) in [4.78, 5) is 13.6. The minimum atomic E-state index is -0.187. The van der Waals surface area contributed by atoms with Crippen molar-refractivity contribution in [1.29, 1.82) is 0 Å². The van der Waals surface area contributed by atoms with Crippen molar-refractivity contribution >= 4 is 40.5 Å². The number of halogens is 2. The van der Waals surface area contributed by atoms with Gasteiger partial charge in [-0.25, -0.2) is 0 Å². The normalized spacial score (nSPS) is 10.9. The molecule has 14 heavy (non-hydrogen) atoms. The summed E-state index contributed by atoms with van der Waals surface area (Å²) in [5.41, 5.74) is 0. The van der Waals surface area contributed by atoms with E-state index in [9.17, 15) is 4.79 Å². The highest BCUT2D eigenvalue weighted by Crippen LogP contribution is 2.28. The molecule has 0 aliphatic carbocycles. The maximum absolute atomic E-state index is 11.5. The van der Waals surface area contributed by atoms with Gasteiger partial charge in [0.2, 0.25) is 0 Å². The third kappa shape index (κ3) is 2.70. The number of hydrogen-bond donors (Lipinski definition) is 0. The van der Waals surface area contributed by atoms with Gasteiger partial charge in [-0.3, -0.25) is 4.79 Å². The number of carbonyl (C=O) groups excluding carboxylic acids is 1. The molecule has 1 aromatic rings. The molecule has 0 aliphatic rings. The van der Waals surface area contributed by atoms with Crippen LogP contribution in [-0.4, -0.2) is 29.2 Å². The summed E-state index contributed by atoms with van der Waals surface area (Å²) in [7, 11) is 3.65. The molecule has 1 aromatic heterocycles. The number of allylic oxidation sites excluding steroid dienone is 1. The fraction of sp³-hybridized carbons (Fsp3) is 0.250. The monoisotopic (exact) mass is 250 g/mol. The van der Waals surface area contributed by atoms with E-state index in [4.69, 9.17) is 23.2 Å². The van der Waals surface area contributed by atoms with Crippen molar-refractivity contribution < 1.29 is 4.79 Å². The van der Waals surface area contributed by atoms with E-state index in [-0.39, 0.29) is 16.0 Å². The van der Waals surface area contributed by atoms with Gasteiger partial charge in [0.1, 0.15) is 9.90 Å². The van der Waals surface area contributed by atoms with Gasteiger partial charge in [-0.15, -0.1) is 0 Å². The Hall–Kier alpha value is -0.580. The van der Waals surface area contributed by atoms with Gasteiger partial charge in [-0.05, 0) is 11.5 Å². The van der Waals surface area contributed by atoms with Gasteiger partial charge < -0.3 is 4.90 Å². The third-order valence-electron chi connectivity index (χ3n) is 1.35. The van der Waals surface area contributed by atoms with Crippen molar-refractivity contribution in [2.45, 2.75) is 0 Å². The smallest absolute Gasteiger partial charge is 0.200 e. The van der Waals surface area contributed by atoms with Crippen LogP contribution in [0.25, 0.3) is 0 Å². The molecule has 0 aliphatic heterocycles. The Labute approximate surface area is 96.1 Å². The highest BCUT2D eigenvalue weighted by atomic mass is 35.5. The second-order valence-corrected chi connectivity index (χ2v) is 4.27. The average Bonchev–Trinajstić information content (AvgIpc) is 2.44. The molecular weight excluding hydrogens is 243 g/mol. The predicted octanol–water partition coefficient (Wildman–Crippen LogP) is 2.71. The number of aromatic nitrogens is 1. The molecule has 0 saturated heterocycles. The molecular formula is C8H8Cl2N2OS. The minimum Gasteiger partial charge on any atom is -0.383 e. The fourth-order valence-corrected chi connectivity index (χ4v) is 1.85. The van der Waals surface area contributed by atoms with Crippen LogP contribution in [0.15, 0.2) is 12.3 Å². The molecule has 1 rings (SSSR count). The number of rotatable bonds is 3. The van der Waals surface area contributed by atoms with Crippen LogP contribution in [0, 0.1) is 0 Å². The summed E-state index contributed by atoms with van der Waals surface area (Å²) < 4.78 is 3.77. The van der Waals surface area contributed by atoms with Crippen LogP contribution < -0.4 is 0 Å². The largest absolute Gasteiger partial charge is 0.383 e. The van der Waals surface area contributed by atoms with E-state index in [0.717, 1.165) is 11.5 Å². The molecule has 0 bridgehead atoms. The highest BCUT2D eigenvalue weighted by molar-refractivity contribution is 7.09.